The van der Waals surface area contributed by atoms with E-state index < -0.39 is 47.0 Å². The third-order valence-electron chi connectivity index (χ3n) is 7.79. The van der Waals surface area contributed by atoms with E-state index >= 15 is 8.78 Å². The molecule has 0 saturated carbocycles. The lowest BCUT2D eigenvalue weighted by Gasteiger charge is -2.39. The average molecular weight is 534 g/mol. The lowest BCUT2D eigenvalue weighted by atomic mass is 9.78. The lowest BCUT2D eigenvalue weighted by Crippen LogP contribution is -2.38. The van der Waals surface area contributed by atoms with Gasteiger partial charge in [0, 0.05) is 16.5 Å². The van der Waals surface area contributed by atoms with Crippen molar-refractivity contribution >= 4 is 11.4 Å². The fourth-order valence-electron chi connectivity index (χ4n) is 6.11. The van der Waals surface area contributed by atoms with Crippen molar-refractivity contribution in [3.63, 3.8) is 0 Å². The number of halogens is 2. The Morgan fingerprint density at radius 3 is 2.08 bits per heavy atom. The van der Waals surface area contributed by atoms with Gasteiger partial charge in [0.1, 0.15) is 5.82 Å². The first-order chi connectivity index (χ1) is 20.7. The van der Waals surface area contributed by atoms with Crippen LogP contribution in [0.1, 0.15) is 51.2 Å². The van der Waals surface area contributed by atoms with E-state index in [0.717, 1.165) is 22.3 Å². The van der Waals surface area contributed by atoms with E-state index in [2.05, 4.69) is 32.0 Å². The van der Waals surface area contributed by atoms with Crippen molar-refractivity contribution in [3.8, 4) is 33.4 Å². The summed E-state index contributed by atoms with van der Waals surface area (Å²) in [6.07, 6.45) is 0. The largest absolute Gasteiger partial charge is 0.331 e. The molecular weight excluding hydrogens is 496 g/mol. The standard InChI is InChI=1S/C37H33F2N/c1-36(2,3)40(32-21-12-11-20-31(32)38)33-23-25(22-29(35(33)39)24-14-7-6-8-15-24)26-17-13-18-28-27-16-9-10-19-30(27)37(4,5)34(26)28/h6-23H,1-5H3/i11D,12D,20D,21D. The van der Waals surface area contributed by atoms with E-state index in [9.17, 15) is 0 Å². The first kappa shape index (κ1) is 21.6. The molecule has 0 amide bonds. The van der Waals surface area contributed by atoms with Gasteiger partial charge in [-0.1, -0.05) is 98.7 Å². The minimum Gasteiger partial charge on any atom is -0.331 e. The summed E-state index contributed by atoms with van der Waals surface area (Å²) < 4.78 is 66.0. The molecule has 0 aromatic heterocycles. The summed E-state index contributed by atoms with van der Waals surface area (Å²) in [4.78, 5) is 1.37. The number of para-hydroxylation sites is 1. The van der Waals surface area contributed by atoms with E-state index in [1.54, 1.807) is 26.8 Å². The molecule has 3 heteroatoms. The first-order valence-corrected chi connectivity index (χ1v) is 13.4. The topological polar surface area (TPSA) is 3.24 Å². The van der Waals surface area contributed by atoms with Crippen LogP contribution in [0.4, 0.5) is 20.2 Å². The van der Waals surface area contributed by atoms with Crippen LogP contribution in [0.3, 0.4) is 0 Å². The molecule has 0 heterocycles. The quantitative estimate of drug-likeness (QED) is 0.222. The van der Waals surface area contributed by atoms with Gasteiger partial charge in [0.2, 0.25) is 0 Å². The zero-order valence-electron chi connectivity index (χ0n) is 27.3. The number of fused-ring (bicyclic) bond motifs is 3. The molecule has 0 radical (unpaired) electrons. The zero-order valence-corrected chi connectivity index (χ0v) is 23.3. The summed E-state index contributed by atoms with van der Waals surface area (Å²) in [5.41, 5.74) is 5.41. The summed E-state index contributed by atoms with van der Waals surface area (Å²) in [6.45, 7) is 9.66. The molecule has 1 aliphatic rings. The van der Waals surface area contributed by atoms with Gasteiger partial charge < -0.3 is 4.90 Å². The second-order valence-electron chi connectivity index (χ2n) is 11.8. The molecule has 0 fully saturated rings. The van der Waals surface area contributed by atoms with Crippen LogP contribution in [0.25, 0.3) is 33.4 Å². The van der Waals surface area contributed by atoms with Gasteiger partial charge in [-0.25, -0.2) is 8.78 Å². The molecule has 0 saturated heterocycles. The minimum atomic E-state index is -1.13. The van der Waals surface area contributed by atoms with Crippen molar-refractivity contribution in [3.05, 3.63) is 132 Å². The maximum Gasteiger partial charge on any atom is 0.154 e. The number of benzene rings is 5. The summed E-state index contributed by atoms with van der Waals surface area (Å²) in [7, 11) is 0. The van der Waals surface area contributed by atoms with E-state index in [1.807, 2.05) is 60.7 Å². The Bertz CT molecular complexity index is 1920. The molecule has 5 aromatic rings. The van der Waals surface area contributed by atoms with Crippen LogP contribution in [0.2, 0.25) is 0 Å². The number of hydrogen-bond donors (Lipinski definition) is 0. The molecule has 200 valence electrons. The van der Waals surface area contributed by atoms with E-state index in [-0.39, 0.29) is 11.1 Å². The fourth-order valence-corrected chi connectivity index (χ4v) is 6.11. The third-order valence-corrected chi connectivity index (χ3v) is 7.79. The summed E-state index contributed by atoms with van der Waals surface area (Å²) >= 11 is 0. The average Bonchev–Trinajstić information content (AvgIpc) is 3.24. The van der Waals surface area contributed by atoms with Gasteiger partial charge in [-0.15, -0.1) is 0 Å². The Morgan fingerprint density at radius 1 is 0.675 bits per heavy atom. The lowest BCUT2D eigenvalue weighted by molar-refractivity contribution is 0.527. The number of nitrogens with zero attached hydrogens (tertiary/aromatic N) is 1. The number of hydrogen-bond acceptors (Lipinski definition) is 1. The SMILES string of the molecule is [2H]c1c([2H])c([2H])c(N(c2cc(-c3cccc4c3C(C)(C)c3ccccc3-4)cc(-c3ccccc3)c2F)C(C)(C)C)c(F)c1[2H]. The second-order valence-corrected chi connectivity index (χ2v) is 11.8. The van der Waals surface area contributed by atoms with Crippen molar-refractivity contribution in [2.75, 3.05) is 4.90 Å². The minimum absolute atomic E-state index is 0.0173. The van der Waals surface area contributed by atoms with E-state index in [0.29, 0.717) is 16.7 Å². The van der Waals surface area contributed by atoms with E-state index in [4.69, 9.17) is 5.48 Å². The number of rotatable bonds is 4. The van der Waals surface area contributed by atoms with Gasteiger partial charge in [-0.05, 0) is 83.9 Å². The van der Waals surface area contributed by atoms with Crippen molar-refractivity contribution in [2.24, 2.45) is 0 Å². The van der Waals surface area contributed by atoms with Crippen LogP contribution in [-0.2, 0) is 5.41 Å². The molecule has 0 spiro atoms. The molecule has 0 bridgehead atoms. The summed E-state index contributed by atoms with van der Waals surface area (Å²) in [5, 5.41) is 0. The van der Waals surface area contributed by atoms with Gasteiger partial charge >= 0.3 is 0 Å². The maximum absolute atomic E-state index is 16.9. The molecule has 1 nitrogen and oxygen atoms in total. The van der Waals surface area contributed by atoms with Crippen LogP contribution < -0.4 is 4.90 Å². The zero-order chi connectivity index (χ0) is 31.7. The van der Waals surface area contributed by atoms with Gasteiger partial charge in [0.25, 0.3) is 0 Å². The van der Waals surface area contributed by atoms with Crippen molar-refractivity contribution in [1.82, 2.24) is 0 Å². The molecular formula is C37H33F2N. The number of anilines is 2. The Morgan fingerprint density at radius 2 is 1.32 bits per heavy atom. The van der Waals surface area contributed by atoms with Crippen LogP contribution in [0, 0.1) is 11.6 Å². The molecule has 1 aliphatic carbocycles. The smallest absolute Gasteiger partial charge is 0.154 e. The predicted octanol–water partition coefficient (Wildman–Crippen LogP) is 10.5. The van der Waals surface area contributed by atoms with Crippen LogP contribution >= 0.6 is 0 Å². The van der Waals surface area contributed by atoms with Gasteiger partial charge in [-0.3, -0.25) is 0 Å². The van der Waals surface area contributed by atoms with Crippen molar-refractivity contribution < 1.29 is 14.3 Å². The molecule has 6 rings (SSSR count). The second kappa shape index (κ2) is 9.45. The highest BCUT2D eigenvalue weighted by atomic mass is 19.1. The summed E-state index contributed by atoms with van der Waals surface area (Å²) in [5.74, 6) is -1.74. The maximum atomic E-state index is 16.9. The molecule has 5 aromatic carbocycles. The first-order valence-electron chi connectivity index (χ1n) is 15.4. The Balaban J connectivity index is 1.71. The fraction of sp³-hybridized carbons (Fsp3) is 0.189. The monoisotopic (exact) mass is 533 g/mol. The summed E-state index contributed by atoms with van der Waals surface area (Å²) in [6, 6.07) is 24.5. The van der Waals surface area contributed by atoms with Gasteiger partial charge in [0.05, 0.1) is 16.9 Å². The predicted molar refractivity (Wildman–Crippen MR) is 163 cm³/mol. The molecule has 0 aliphatic heterocycles. The highest BCUT2D eigenvalue weighted by Gasteiger charge is 2.38. The molecule has 40 heavy (non-hydrogen) atoms. The highest BCUT2D eigenvalue weighted by molar-refractivity contribution is 5.90. The Kier molecular flexibility index (Phi) is 5.09. The normalized spacial score (nSPS) is 15.0. The van der Waals surface area contributed by atoms with Gasteiger partial charge in [0.15, 0.2) is 5.82 Å². The molecule has 0 atom stereocenters. The van der Waals surface area contributed by atoms with Crippen LogP contribution in [-0.4, -0.2) is 5.54 Å². The van der Waals surface area contributed by atoms with Gasteiger partial charge in [-0.2, -0.15) is 0 Å². The highest BCUT2D eigenvalue weighted by Crippen LogP contribution is 2.53. The van der Waals surface area contributed by atoms with Crippen molar-refractivity contribution in [1.29, 1.82) is 0 Å². The van der Waals surface area contributed by atoms with Crippen molar-refractivity contribution in [2.45, 2.75) is 45.6 Å². The van der Waals surface area contributed by atoms with Crippen LogP contribution in [0.5, 0.6) is 0 Å². The Hall–Kier alpha value is -4.24. The van der Waals surface area contributed by atoms with Crippen LogP contribution in [0.15, 0.2) is 109 Å². The molecule has 0 N–H and O–H groups in total. The third kappa shape index (κ3) is 4.12. The van der Waals surface area contributed by atoms with E-state index in [1.165, 1.54) is 10.5 Å². The molecule has 0 unspecified atom stereocenters. The Labute approximate surface area is 241 Å².